The number of likely N-dealkylation sites (N-methyl/N-ethyl adjacent to an activating group) is 1. The normalized spacial score (nSPS) is 24.2. The molecule has 1 aliphatic heterocycles. The molecule has 0 aromatic heterocycles. The topological polar surface area (TPSA) is 98.1 Å². The maximum Gasteiger partial charge on any atom is 0.460 e. The number of carboxylic acid groups (broad SMARTS) is 2. The van der Waals surface area contributed by atoms with Crippen molar-refractivity contribution in [2.45, 2.75) is 86.0 Å². The fraction of sp³-hybridized carbons (Fsp3) is 0.680. The predicted molar refractivity (Wildman–Crippen MR) is 124 cm³/mol. The third-order valence-corrected chi connectivity index (χ3v) is 8.14. The fourth-order valence-electron chi connectivity index (χ4n) is 5.81. The first-order chi connectivity index (χ1) is 20.1. The van der Waals surface area contributed by atoms with Gasteiger partial charge in [-0.05, 0) is 68.5 Å². The summed E-state index contributed by atoms with van der Waals surface area (Å²) >= 11 is 0. The van der Waals surface area contributed by atoms with Gasteiger partial charge in [0.1, 0.15) is 5.75 Å². The van der Waals surface area contributed by atoms with Gasteiger partial charge in [0.05, 0.1) is 0 Å². The predicted octanol–water partition coefficient (Wildman–Crippen LogP) is 6.89. The number of carboxylic acids is 2. The van der Waals surface area contributed by atoms with Crippen LogP contribution in [0.4, 0.5) is 61.5 Å². The monoisotopic (exact) mass is 685 g/mol. The lowest BCUT2D eigenvalue weighted by molar-refractivity contribution is -0.347. The van der Waals surface area contributed by atoms with Gasteiger partial charge in [0, 0.05) is 11.5 Å². The minimum Gasteiger partial charge on any atom is -0.508 e. The van der Waals surface area contributed by atoms with E-state index in [4.69, 9.17) is 10.2 Å². The molecular formula is C25H25F14NO5. The zero-order valence-corrected chi connectivity index (χ0v) is 22.7. The van der Waals surface area contributed by atoms with Crippen LogP contribution in [0.15, 0.2) is 18.2 Å². The Morgan fingerprint density at radius 2 is 1.24 bits per heavy atom. The lowest BCUT2D eigenvalue weighted by Gasteiger charge is -2.58. The molecule has 1 saturated carbocycles. The van der Waals surface area contributed by atoms with Gasteiger partial charge in [-0.25, -0.2) is 9.59 Å². The maximum absolute atomic E-state index is 11.8. The molecule has 4 rings (SSSR count). The highest BCUT2D eigenvalue weighted by atomic mass is 19.4. The Kier molecular flexibility index (Phi) is 10.4. The van der Waals surface area contributed by atoms with E-state index in [-0.39, 0.29) is 0 Å². The molecule has 3 atom stereocenters. The summed E-state index contributed by atoms with van der Waals surface area (Å²) in [5.74, 6) is -31.3. The van der Waals surface area contributed by atoms with E-state index in [0.29, 0.717) is 11.2 Å². The van der Waals surface area contributed by atoms with Gasteiger partial charge in [-0.1, -0.05) is 18.9 Å². The highest BCUT2D eigenvalue weighted by Crippen LogP contribution is 2.56. The average Bonchev–Trinajstić information content (AvgIpc) is 2.90. The third kappa shape index (κ3) is 6.74. The quantitative estimate of drug-likeness (QED) is 0.299. The van der Waals surface area contributed by atoms with E-state index in [9.17, 15) is 76.2 Å². The highest BCUT2D eigenvalue weighted by molar-refractivity contribution is 5.77. The van der Waals surface area contributed by atoms with Gasteiger partial charge in [-0.15, -0.1) is 0 Å². The second kappa shape index (κ2) is 12.3. The van der Waals surface area contributed by atoms with Gasteiger partial charge < -0.3 is 20.2 Å². The summed E-state index contributed by atoms with van der Waals surface area (Å²) in [5, 5.41) is 24.7. The molecule has 2 bridgehead atoms. The number of aromatic hydroxyl groups is 1. The third-order valence-electron chi connectivity index (χ3n) is 8.14. The summed E-state index contributed by atoms with van der Waals surface area (Å²) in [5.41, 5.74) is 3.36. The summed E-state index contributed by atoms with van der Waals surface area (Å²) in [6, 6.07) is 6.85. The zero-order chi connectivity index (χ0) is 35.2. The molecule has 2 fully saturated rings. The number of phenols is 1. The number of alkyl halides is 14. The second-order valence-corrected chi connectivity index (χ2v) is 10.8. The van der Waals surface area contributed by atoms with Crippen molar-refractivity contribution in [1.29, 1.82) is 0 Å². The number of hydrogen-bond donors (Lipinski definition) is 3. The number of benzene rings is 1. The molecule has 258 valence electrons. The number of halogens is 14. The number of nitrogens with zero attached hydrogens (tertiary/aromatic N) is 1. The summed E-state index contributed by atoms with van der Waals surface area (Å²) in [4.78, 5) is 21.4. The molecule has 0 radical (unpaired) electrons. The summed E-state index contributed by atoms with van der Waals surface area (Å²) in [7, 11) is 2.30. The Bertz CT molecular complexity index is 1200. The highest BCUT2D eigenvalue weighted by Gasteiger charge is 2.77. The van der Waals surface area contributed by atoms with Gasteiger partial charge in [-0.2, -0.15) is 61.5 Å². The molecule has 1 heterocycles. The van der Waals surface area contributed by atoms with E-state index in [1.807, 2.05) is 6.07 Å². The molecule has 3 aliphatic rings. The maximum atomic E-state index is 11.8. The Hall–Kier alpha value is -3.06. The molecule has 1 aromatic carbocycles. The number of hydrogen-bond acceptors (Lipinski definition) is 4. The van der Waals surface area contributed by atoms with Crippen molar-refractivity contribution >= 4 is 11.9 Å². The molecule has 1 saturated heterocycles. The molecule has 0 unspecified atom stereocenters. The van der Waals surface area contributed by atoms with Crippen LogP contribution < -0.4 is 0 Å². The minimum absolute atomic E-state index is 0.377. The molecule has 0 spiro atoms. The number of aliphatic carboxylic acids is 2. The number of carbonyl (C=O) groups is 2. The van der Waals surface area contributed by atoms with Crippen LogP contribution >= 0.6 is 0 Å². The molecule has 0 amide bonds. The molecule has 1 aromatic rings. The van der Waals surface area contributed by atoms with Crippen LogP contribution in [-0.2, 0) is 21.4 Å². The second-order valence-electron chi connectivity index (χ2n) is 10.8. The smallest absolute Gasteiger partial charge is 0.460 e. The van der Waals surface area contributed by atoms with Gasteiger partial charge >= 0.3 is 48.0 Å². The Morgan fingerprint density at radius 1 is 0.778 bits per heavy atom. The minimum atomic E-state index is -6.60. The number of phenolic OH excluding ortho intramolecular Hbond substituents is 1. The van der Waals surface area contributed by atoms with Crippen molar-refractivity contribution in [3.05, 3.63) is 29.3 Å². The van der Waals surface area contributed by atoms with Crippen molar-refractivity contribution in [2.24, 2.45) is 5.92 Å². The van der Waals surface area contributed by atoms with Crippen LogP contribution in [0.2, 0.25) is 0 Å². The summed E-state index contributed by atoms with van der Waals surface area (Å²) < 4.78 is 161. The molecular weight excluding hydrogens is 660 g/mol. The lowest BCUT2D eigenvalue weighted by atomic mass is 9.52. The van der Waals surface area contributed by atoms with Crippen LogP contribution in [0.25, 0.3) is 0 Å². The molecule has 3 N–H and O–H groups in total. The first kappa shape index (κ1) is 38.1. The Labute approximate surface area is 244 Å². The SMILES string of the molecule is CN1CC[C@]23CCCC[C@H]2[C@H]1Cc1ccc(O)cc13.O=C(O)C(F)(F)C(F)(F)C(F)(F)F.O=C(O)C(F)(F)C(F)(F)C(F)(F)F. The molecule has 6 nitrogen and oxygen atoms in total. The van der Waals surface area contributed by atoms with E-state index in [1.165, 1.54) is 56.2 Å². The van der Waals surface area contributed by atoms with Crippen LogP contribution in [0.1, 0.15) is 43.2 Å². The molecule has 20 heteroatoms. The van der Waals surface area contributed by atoms with Gasteiger partial charge in [-0.3, -0.25) is 0 Å². The van der Waals surface area contributed by atoms with Crippen molar-refractivity contribution in [3.63, 3.8) is 0 Å². The number of likely N-dealkylation sites (tertiary alicyclic amines) is 1. The number of piperidine rings is 1. The van der Waals surface area contributed by atoms with Crippen LogP contribution in [0.5, 0.6) is 5.75 Å². The lowest BCUT2D eigenvalue weighted by Crippen LogP contribution is -2.59. The molecule has 45 heavy (non-hydrogen) atoms. The first-order valence-electron chi connectivity index (χ1n) is 12.7. The van der Waals surface area contributed by atoms with Crippen LogP contribution in [0.3, 0.4) is 0 Å². The Balaban J connectivity index is 0.000000245. The van der Waals surface area contributed by atoms with E-state index in [0.717, 1.165) is 12.0 Å². The average molecular weight is 685 g/mol. The van der Waals surface area contributed by atoms with Crippen molar-refractivity contribution in [1.82, 2.24) is 4.90 Å². The zero-order valence-electron chi connectivity index (χ0n) is 22.7. The van der Waals surface area contributed by atoms with E-state index < -0.39 is 48.0 Å². The first-order valence-corrected chi connectivity index (χ1v) is 12.7. The van der Waals surface area contributed by atoms with Crippen molar-refractivity contribution in [2.75, 3.05) is 13.6 Å². The van der Waals surface area contributed by atoms with Crippen molar-refractivity contribution < 1.29 is 86.4 Å². The Morgan fingerprint density at radius 3 is 1.64 bits per heavy atom. The largest absolute Gasteiger partial charge is 0.508 e. The van der Waals surface area contributed by atoms with E-state index >= 15 is 0 Å². The van der Waals surface area contributed by atoms with Gasteiger partial charge in [0.15, 0.2) is 0 Å². The standard InChI is InChI=1S/C17H23NO.2C4HF7O2/c1-18-9-8-17-7-3-2-4-14(17)16(18)10-12-5-6-13(19)11-15(12)17;2*5-2(6,1(12)13)3(7,8)4(9,10)11/h5-6,11,14,16,19H,2-4,7-10H2,1H3;2*(H,12,13)/t14-,16+,17+;;/m0../s1. The number of fused-ring (bicyclic) bond motifs is 1. The van der Waals surface area contributed by atoms with Gasteiger partial charge in [0.2, 0.25) is 0 Å². The van der Waals surface area contributed by atoms with Crippen LogP contribution in [0, 0.1) is 5.92 Å². The summed E-state index contributed by atoms with van der Waals surface area (Å²) in [6.45, 7) is 1.22. The van der Waals surface area contributed by atoms with Crippen molar-refractivity contribution in [3.8, 4) is 5.75 Å². The molecule has 2 aliphatic carbocycles. The fourth-order valence-corrected chi connectivity index (χ4v) is 5.81. The van der Waals surface area contributed by atoms with E-state index in [2.05, 4.69) is 24.1 Å². The van der Waals surface area contributed by atoms with Gasteiger partial charge in [0.25, 0.3) is 0 Å². The van der Waals surface area contributed by atoms with Crippen LogP contribution in [-0.4, -0.2) is 87.8 Å². The summed E-state index contributed by atoms with van der Waals surface area (Å²) in [6.07, 6.45) is -5.28. The number of rotatable bonds is 4. The van der Waals surface area contributed by atoms with E-state index in [1.54, 1.807) is 0 Å².